The van der Waals surface area contributed by atoms with Gasteiger partial charge in [0.25, 0.3) is 6.08 Å². The fraction of sp³-hybridized carbons (Fsp3) is 0.143. The van der Waals surface area contributed by atoms with E-state index in [4.69, 9.17) is 4.74 Å². The van der Waals surface area contributed by atoms with Crippen molar-refractivity contribution in [2.45, 2.75) is 12.3 Å². The maximum Gasteiger partial charge on any atom is 0.274 e. The van der Waals surface area contributed by atoms with Crippen LogP contribution in [0.25, 0.3) is 5.57 Å². The van der Waals surface area contributed by atoms with Crippen LogP contribution in [0.2, 0.25) is 0 Å². The van der Waals surface area contributed by atoms with Gasteiger partial charge in [0, 0.05) is 11.5 Å². The van der Waals surface area contributed by atoms with Gasteiger partial charge in [-0.2, -0.15) is 20.1 Å². The molecular formula is C21H18F2OS. The zero-order valence-corrected chi connectivity index (χ0v) is 14.6. The van der Waals surface area contributed by atoms with Crippen molar-refractivity contribution >= 4 is 16.9 Å². The topological polar surface area (TPSA) is 9.23 Å². The maximum atomic E-state index is 13.7. The normalized spacial score (nSPS) is 11.8. The number of hydrogen-bond acceptors (Lipinski definition) is 2. The van der Waals surface area contributed by atoms with Crippen molar-refractivity contribution in [1.29, 1.82) is 0 Å². The van der Waals surface area contributed by atoms with Crippen molar-refractivity contribution in [1.82, 2.24) is 0 Å². The Morgan fingerprint density at radius 2 is 1.68 bits per heavy atom. The average Bonchev–Trinajstić information content (AvgIpc) is 3.17. The van der Waals surface area contributed by atoms with Crippen molar-refractivity contribution in [2.24, 2.45) is 0 Å². The molecule has 1 nitrogen and oxygen atoms in total. The standard InChI is InChI=1S/C21H18F2OS/c1-24-18-9-7-16(8-10-18)20(21(22)23)13-19(17-11-12-25-14-17)15-5-3-2-4-6-15/h2-12,14,19H,13H2,1H3. The minimum absolute atomic E-state index is 0.0720. The average molecular weight is 356 g/mol. The molecule has 0 bridgehead atoms. The molecule has 2 aromatic carbocycles. The van der Waals surface area contributed by atoms with Crippen LogP contribution < -0.4 is 4.74 Å². The van der Waals surface area contributed by atoms with Gasteiger partial charge < -0.3 is 4.74 Å². The molecule has 0 aliphatic carbocycles. The maximum absolute atomic E-state index is 13.7. The first-order valence-electron chi connectivity index (χ1n) is 7.94. The molecule has 0 saturated heterocycles. The van der Waals surface area contributed by atoms with E-state index >= 15 is 0 Å². The molecule has 25 heavy (non-hydrogen) atoms. The van der Waals surface area contributed by atoms with Crippen LogP contribution in [0.3, 0.4) is 0 Å². The van der Waals surface area contributed by atoms with Gasteiger partial charge in [0.15, 0.2) is 0 Å². The van der Waals surface area contributed by atoms with E-state index in [2.05, 4.69) is 0 Å². The molecule has 1 aromatic heterocycles. The highest BCUT2D eigenvalue weighted by atomic mass is 32.1. The smallest absolute Gasteiger partial charge is 0.274 e. The first kappa shape index (κ1) is 17.4. The van der Waals surface area contributed by atoms with Gasteiger partial charge in [-0.15, -0.1) is 0 Å². The number of methoxy groups -OCH3 is 1. The van der Waals surface area contributed by atoms with Gasteiger partial charge >= 0.3 is 0 Å². The van der Waals surface area contributed by atoms with Crippen molar-refractivity contribution in [3.8, 4) is 5.75 Å². The summed E-state index contributed by atoms with van der Waals surface area (Å²) in [5.74, 6) is 0.547. The number of halogens is 2. The molecule has 0 saturated carbocycles. The molecule has 0 fully saturated rings. The van der Waals surface area contributed by atoms with Gasteiger partial charge in [-0.05, 0) is 52.1 Å². The fourth-order valence-electron chi connectivity index (χ4n) is 2.89. The highest BCUT2D eigenvalue weighted by Gasteiger charge is 2.20. The summed E-state index contributed by atoms with van der Waals surface area (Å²) in [6.45, 7) is 0. The Morgan fingerprint density at radius 3 is 2.24 bits per heavy atom. The molecule has 1 atom stereocenters. The first-order valence-corrected chi connectivity index (χ1v) is 8.89. The SMILES string of the molecule is COc1ccc(C(CC(c2ccccc2)c2ccsc2)=C(F)F)cc1. The van der Waals surface area contributed by atoms with E-state index in [0.29, 0.717) is 11.3 Å². The quantitative estimate of drug-likeness (QED) is 0.484. The summed E-state index contributed by atoms with van der Waals surface area (Å²) >= 11 is 1.58. The van der Waals surface area contributed by atoms with Gasteiger partial charge in [0.05, 0.1) is 7.11 Å². The summed E-state index contributed by atoms with van der Waals surface area (Å²) < 4.78 is 32.6. The Labute approximate surface area is 150 Å². The Balaban J connectivity index is 1.97. The summed E-state index contributed by atoms with van der Waals surface area (Å²) in [6.07, 6.45) is -1.39. The molecule has 3 aromatic rings. The van der Waals surface area contributed by atoms with Crippen LogP contribution in [0.1, 0.15) is 29.0 Å². The second-order valence-corrected chi connectivity index (χ2v) is 6.47. The number of thiophene rings is 1. The van der Waals surface area contributed by atoms with Crippen LogP contribution in [0.5, 0.6) is 5.75 Å². The third-order valence-corrected chi connectivity index (χ3v) is 4.92. The van der Waals surface area contributed by atoms with Crippen LogP contribution in [0.15, 0.2) is 77.5 Å². The third kappa shape index (κ3) is 4.15. The minimum Gasteiger partial charge on any atom is -0.497 e. The first-order chi connectivity index (χ1) is 12.2. The summed E-state index contributed by atoms with van der Waals surface area (Å²) in [4.78, 5) is 0. The summed E-state index contributed by atoms with van der Waals surface area (Å²) in [5.41, 5.74) is 2.69. The highest BCUT2D eigenvalue weighted by molar-refractivity contribution is 7.08. The van der Waals surface area contributed by atoms with E-state index < -0.39 is 6.08 Å². The fourth-order valence-corrected chi connectivity index (χ4v) is 3.60. The predicted molar refractivity (Wildman–Crippen MR) is 99.4 cm³/mol. The molecule has 0 aliphatic heterocycles. The van der Waals surface area contributed by atoms with E-state index in [1.165, 1.54) is 0 Å². The second kappa shape index (κ2) is 8.08. The number of rotatable bonds is 6. The molecule has 0 radical (unpaired) electrons. The lowest BCUT2D eigenvalue weighted by Gasteiger charge is -2.18. The van der Waals surface area contributed by atoms with Crippen LogP contribution >= 0.6 is 11.3 Å². The molecule has 128 valence electrons. The van der Waals surface area contributed by atoms with Gasteiger partial charge in [-0.1, -0.05) is 42.5 Å². The molecule has 1 heterocycles. The molecule has 1 unspecified atom stereocenters. The van der Waals surface area contributed by atoms with Gasteiger partial charge in [0.1, 0.15) is 5.75 Å². The highest BCUT2D eigenvalue weighted by Crippen LogP contribution is 2.37. The molecular weight excluding hydrogens is 338 g/mol. The predicted octanol–water partition coefficient (Wildman–Crippen LogP) is 6.59. The summed E-state index contributed by atoms with van der Waals surface area (Å²) in [6, 6.07) is 18.6. The van der Waals surface area contributed by atoms with Crippen LogP contribution in [0.4, 0.5) is 8.78 Å². The van der Waals surface area contributed by atoms with Crippen LogP contribution in [-0.2, 0) is 0 Å². The van der Waals surface area contributed by atoms with Crippen molar-refractivity contribution in [2.75, 3.05) is 7.11 Å². The molecule has 0 N–H and O–H groups in total. The van der Waals surface area contributed by atoms with Gasteiger partial charge in [0.2, 0.25) is 0 Å². The third-order valence-electron chi connectivity index (χ3n) is 4.22. The zero-order chi connectivity index (χ0) is 17.6. The number of hydrogen-bond donors (Lipinski definition) is 0. The Morgan fingerprint density at radius 1 is 0.960 bits per heavy atom. The van der Waals surface area contributed by atoms with E-state index in [-0.39, 0.29) is 17.9 Å². The zero-order valence-electron chi connectivity index (χ0n) is 13.8. The van der Waals surface area contributed by atoms with Crippen molar-refractivity contribution in [3.63, 3.8) is 0 Å². The lowest BCUT2D eigenvalue weighted by atomic mass is 9.85. The molecule has 0 spiro atoms. The minimum atomic E-state index is -1.64. The van der Waals surface area contributed by atoms with Gasteiger partial charge in [-0.3, -0.25) is 0 Å². The largest absolute Gasteiger partial charge is 0.497 e. The summed E-state index contributed by atoms with van der Waals surface area (Å²) in [5, 5.41) is 4.01. The van der Waals surface area contributed by atoms with Crippen LogP contribution in [0, 0.1) is 0 Å². The Hall–Kier alpha value is -2.46. The molecule has 4 heteroatoms. The van der Waals surface area contributed by atoms with E-state index in [1.54, 1.807) is 42.7 Å². The second-order valence-electron chi connectivity index (χ2n) is 5.69. The Kier molecular flexibility index (Phi) is 5.61. The number of benzene rings is 2. The van der Waals surface area contributed by atoms with Crippen molar-refractivity contribution in [3.05, 3.63) is 94.2 Å². The van der Waals surface area contributed by atoms with E-state index in [1.807, 2.05) is 47.2 Å². The Bertz CT molecular complexity index is 820. The number of allylic oxidation sites excluding steroid dienone is 1. The van der Waals surface area contributed by atoms with Gasteiger partial charge in [-0.25, -0.2) is 0 Å². The monoisotopic (exact) mass is 356 g/mol. The van der Waals surface area contributed by atoms with Crippen LogP contribution in [-0.4, -0.2) is 7.11 Å². The lowest BCUT2D eigenvalue weighted by Crippen LogP contribution is -2.02. The molecule has 3 rings (SSSR count). The molecule has 0 aliphatic rings. The van der Waals surface area contributed by atoms with E-state index in [0.717, 1.165) is 11.1 Å². The van der Waals surface area contributed by atoms with E-state index in [9.17, 15) is 8.78 Å². The number of ether oxygens (including phenoxy) is 1. The molecule has 0 amide bonds. The van der Waals surface area contributed by atoms with Crippen molar-refractivity contribution < 1.29 is 13.5 Å². The lowest BCUT2D eigenvalue weighted by molar-refractivity contribution is 0.414. The summed E-state index contributed by atoms with van der Waals surface area (Å²) in [7, 11) is 1.56.